The monoisotopic (exact) mass is 531 g/mol. The number of nitrogens with one attached hydrogen (secondary N) is 1. The fourth-order valence-electron chi connectivity index (χ4n) is 5.34. The van der Waals surface area contributed by atoms with Gasteiger partial charge in [-0.15, -0.1) is 5.10 Å². The highest BCUT2D eigenvalue weighted by molar-refractivity contribution is 5.62. The van der Waals surface area contributed by atoms with E-state index in [1.54, 1.807) is 31.6 Å². The minimum atomic E-state index is -0.669. The largest absolute Gasteiger partial charge is 0.392 e. The average molecular weight is 532 g/mol. The zero-order valence-corrected chi connectivity index (χ0v) is 22.4. The summed E-state index contributed by atoms with van der Waals surface area (Å²) >= 11 is 0. The lowest BCUT2D eigenvalue weighted by Gasteiger charge is -2.42. The van der Waals surface area contributed by atoms with Gasteiger partial charge < -0.3 is 10.4 Å². The third-order valence-corrected chi connectivity index (χ3v) is 7.53. The Morgan fingerprint density at radius 2 is 1.77 bits per heavy atom. The van der Waals surface area contributed by atoms with Gasteiger partial charge >= 0.3 is 0 Å². The van der Waals surface area contributed by atoms with Crippen LogP contribution in [0, 0.1) is 17.6 Å². The highest BCUT2D eigenvalue weighted by atomic mass is 19.1. The Kier molecular flexibility index (Phi) is 7.31. The minimum absolute atomic E-state index is 0.0974. The molecule has 8 nitrogen and oxygen atoms in total. The van der Waals surface area contributed by atoms with Gasteiger partial charge in [0.1, 0.15) is 11.6 Å². The van der Waals surface area contributed by atoms with Crippen LogP contribution in [-0.2, 0) is 5.41 Å². The molecule has 1 aliphatic carbocycles. The SMILES string of the molecule is CC(C)[C@]1(c2ccnc(-c3cnc(NC[C@H](C)O)nc3)n2)CC[C@H](C)c2cc(-c3c(F)cccc3F)nnc21. The van der Waals surface area contributed by atoms with E-state index in [-0.39, 0.29) is 23.1 Å². The molecular formula is C29H31F2N7O. The predicted octanol–water partition coefficient (Wildman–Crippen LogP) is 5.30. The van der Waals surface area contributed by atoms with Crippen molar-refractivity contribution < 1.29 is 13.9 Å². The Morgan fingerprint density at radius 1 is 1.05 bits per heavy atom. The molecule has 0 fully saturated rings. The fourth-order valence-corrected chi connectivity index (χ4v) is 5.34. The Balaban J connectivity index is 1.57. The summed E-state index contributed by atoms with van der Waals surface area (Å²) in [4.78, 5) is 18.1. The van der Waals surface area contributed by atoms with Crippen LogP contribution >= 0.6 is 0 Å². The summed E-state index contributed by atoms with van der Waals surface area (Å²) in [6.45, 7) is 8.37. The van der Waals surface area contributed by atoms with Crippen molar-refractivity contribution in [2.75, 3.05) is 11.9 Å². The van der Waals surface area contributed by atoms with E-state index in [1.165, 1.54) is 18.2 Å². The van der Waals surface area contributed by atoms with Crippen LogP contribution in [0.5, 0.6) is 0 Å². The molecule has 39 heavy (non-hydrogen) atoms. The molecule has 5 rings (SSSR count). The maximum absolute atomic E-state index is 14.6. The van der Waals surface area contributed by atoms with Crippen LogP contribution in [0.3, 0.4) is 0 Å². The van der Waals surface area contributed by atoms with Crippen LogP contribution in [0.15, 0.2) is 48.9 Å². The normalized spacial score (nSPS) is 19.5. The molecule has 1 aromatic carbocycles. The summed E-state index contributed by atoms with van der Waals surface area (Å²) in [6.07, 6.45) is 6.12. The molecule has 3 atom stereocenters. The summed E-state index contributed by atoms with van der Waals surface area (Å²) < 4.78 is 29.1. The van der Waals surface area contributed by atoms with Crippen molar-refractivity contribution in [2.24, 2.45) is 5.92 Å². The van der Waals surface area contributed by atoms with E-state index in [0.29, 0.717) is 23.9 Å². The molecule has 0 bridgehead atoms. The van der Waals surface area contributed by atoms with E-state index in [9.17, 15) is 13.9 Å². The van der Waals surface area contributed by atoms with Crippen LogP contribution in [0.25, 0.3) is 22.6 Å². The van der Waals surface area contributed by atoms with E-state index in [1.807, 2.05) is 6.07 Å². The molecule has 0 amide bonds. The Bertz CT molecular complexity index is 1460. The van der Waals surface area contributed by atoms with Gasteiger partial charge in [0.2, 0.25) is 5.95 Å². The molecule has 0 spiro atoms. The first-order valence-electron chi connectivity index (χ1n) is 13.1. The quantitative estimate of drug-likeness (QED) is 0.331. The summed E-state index contributed by atoms with van der Waals surface area (Å²) in [5.74, 6) is -0.225. The predicted molar refractivity (Wildman–Crippen MR) is 144 cm³/mol. The molecule has 202 valence electrons. The lowest BCUT2D eigenvalue weighted by atomic mass is 9.62. The Morgan fingerprint density at radius 3 is 2.44 bits per heavy atom. The van der Waals surface area contributed by atoms with Gasteiger partial charge in [-0.1, -0.05) is 26.8 Å². The number of benzene rings is 1. The fraction of sp³-hybridized carbons (Fsp3) is 0.379. The first-order chi connectivity index (χ1) is 18.7. The maximum atomic E-state index is 14.6. The van der Waals surface area contributed by atoms with Gasteiger partial charge in [-0.25, -0.2) is 28.7 Å². The highest BCUT2D eigenvalue weighted by Gasteiger charge is 2.46. The lowest BCUT2D eigenvalue weighted by molar-refractivity contribution is 0.208. The van der Waals surface area contributed by atoms with Crippen molar-refractivity contribution >= 4 is 5.95 Å². The zero-order valence-electron chi connectivity index (χ0n) is 22.4. The van der Waals surface area contributed by atoms with Gasteiger partial charge in [-0.3, -0.25) is 0 Å². The maximum Gasteiger partial charge on any atom is 0.222 e. The van der Waals surface area contributed by atoms with Gasteiger partial charge in [0.15, 0.2) is 5.82 Å². The van der Waals surface area contributed by atoms with Crippen molar-refractivity contribution in [3.8, 4) is 22.6 Å². The number of hydrogen-bond acceptors (Lipinski definition) is 8. The molecule has 3 heterocycles. The zero-order chi connectivity index (χ0) is 27.7. The Hall–Kier alpha value is -3.92. The number of fused-ring (bicyclic) bond motifs is 1. The Labute approximate surface area is 226 Å². The number of aromatic nitrogens is 6. The van der Waals surface area contributed by atoms with E-state index >= 15 is 0 Å². The second-order valence-corrected chi connectivity index (χ2v) is 10.5. The van der Waals surface area contributed by atoms with Crippen LogP contribution in [0.2, 0.25) is 0 Å². The van der Waals surface area contributed by atoms with Crippen LogP contribution in [0.1, 0.15) is 63.4 Å². The van der Waals surface area contributed by atoms with Crippen molar-refractivity contribution in [1.82, 2.24) is 30.1 Å². The number of hydrogen-bond donors (Lipinski definition) is 2. The molecule has 0 unspecified atom stereocenters. The molecule has 0 saturated heterocycles. The third-order valence-electron chi connectivity index (χ3n) is 7.53. The van der Waals surface area contributed by atoms with Crippen LogP contribution in [-0.4, -0.2) is 47.9 Å². The average Bonchev–Trinajstić information content (AvgIpc) is 2.92. The van der Waals surface area contributed by atoms with Gasteiger partial charge in [-0.2, -0.15) is 5.10 Å². The smallest absolute Gasteiger partial charge is 0.222 e. The lowest BCUT2D eigenvalue weighted by Crippen LogP contribution is -2.40. The van der Waals surface area contributed by atoms with Crippen molar-refractivity contribution in [3.63, 3.8) is 0 Å². The molecule has 3 aromatic heterocycles. The molecule has 2 N–H and O–H groups in total. The van der Waals surface area contributed by atoms with Crippen molar-refractivity contribution in [1.29, 1.82) is 0 Å². The molecule has 10 heteroatoms. The molecule has 0 aliphatic heterocycles. The summed E-state index contributed by atoms with van der Waals surface area (Å²) in [5.41, 5.74) is 2.58. The minimum Gasteiger partial charge on any atom is -0.392 e. The van der Waals surface area contributed by atoms with E-state index < -0.39 is 23.2 Å². The summed E-state index contributed by atoms with van der Waals surface area (Å²) in [6, 6.07) is 7.46. The van der Waals surface area contributed by atoms with Gasteiger partial charge in [-0.05, 0) is 61.4 Å². The number of aliphatic hydroxyl groups is 1. The topological polar surface area (TPSA) is 110 Å². The standard InChI is InChI=1S/C29H31F2N7O/c1-16(2)29(24-9-11-32-27(36-24)19-14-34-28(35-15-19)33-13-18(4)39)10-8-17(3)20-12-23(37-38-26(20)29)25-21(30)6-5-7-22(25)31/h5-7,9,11-12,14-18,39H,8,10,13H2,1-4H3,(H,33,34,35)/t17-,18-,29-/m0/s1. The van der Waals surface area contributed by atoms with Crippen molar-refractivity contribution in [2.45, 2.75) is 58.0 Å². The number of anilines is 1. The van der Waals surface area contributed by atoms with Crippen LogP contribution < -0.4 is 5.32 Å². The van der Waals surface area contributed by atoms with E-state index in [2.05, 4.69) is 51.2 Å². The number of nitrogens with zero attached hydrogens (tertiary/aromatic N) is 6. The second-order valence-electron chi connectivity index (χ2n) is 10.5. The van der Waals surface area contributed by atoms with Gasteiger partial charge in [0, 0.05) is 25.1 Å². The van der Waals surface area contributed by atoms with Crippen molar-refractivity contribution in [3.05, 3.63) is 77.5 Å². The molecular weight excluding hydrogens is 500 g/mol. The number of aliphatic hydroxyl groups excluding tert-OH is 1. The number of halogens is 2. The van der Waals surface area contributed by atoms with E-state index in [4.69, 9.17) is 4.98 Å². The first-order valence-corrected chi connectivity index (χ1v) is 13.1. The second kappa shape index (κ2) is 10.7. The van der Waals surface area contributed by atoms with Crippen LogP contribution in [0.4, 0.5) is 14.7 Å². The van der Waals surface area contributed by atoms with Gasteiger partial charge in [0.05, 0.1) is 39.7 Å². The number of rotatable bonds is 7. The molecule has 1 aliphatic rings. The molecule has 0 saturated carbocycles. The first kappa shape index (κ1) is 26.7. The molecule has 0 radical (unpaired) electrons. The van der Waals surface area contributed by atoms with Gasteiger partial charge in [0.25, 0.3) is 0 Å². The summed E-state index contributed by atoms with van der Waals surface area (Å²) in [7, 11) is 0. The third kappa shape index (κ3) is 4.96. The highest BCUT2D eigenvalue weighted by Crippen LogP contribution is 2.50. The van der Waals surface area contributed by atoms with E-state index in [0.717, 1.165) is 29.8 Å². The summed E-state index contributed by atoms with van der Waals surface area (Å²) in [5, 5.41) is 21.4. The molecule has 4 aromatic rings.